The van der Waals surface area contributed by atoms with E-state index < -0.39 is 0 Å². The van der Waals surface area contributed by atoms with Gasteiger partial charge < -0.3 is 14.2 Å². The first-order valence-electron chi connectivity index (χ1n) is 11.2. The second kappa shape index (κ2) is 10.5. The lowest BCUT2D eigenvalue weighted by atomic mass is 10.0. The summed E-state index contributed by atoms with van der Waals surface area (Å²) >= 11 is 1.46. The number of morpholine rings is 1. The summed E-state index contributed by atoms with van der Waals surface area (Å²) in [4.78, 5) is 22.8. The molecule has 3 aromatic rings. The number of carbonyl (C=O) groups is 1. The molecule has 0 saturated carbocycles. The predicted octanol–water partition coefficient (Wildman–Crippen LogP) is 4.30. The smallest absolute Gasteiger partial charge is 0.260 e. The van der Waals surface area contributed by atoms with Gasteiger partial charge in [0.25, 0.3) is 5.91 Å². The Morgan fingerprint density at radius 2 is 1.85 bits per heavy atom. The van der Waals surface area contributed by atoms with E-state index in [1.165, 1.54) is 11.3 Å². The van der Waals surface area contributed by atoms with Crippen molar-refractivity contribution >= 4 is 32.6 Å². The van der Waals surface area contributed by atoms with Crippen molar-refractivity contribution in [2.24, 2.45) is 0 Å². The number of methoxy groups -OCH3 is 2. The maximum Gasteiger partial charge on any atom is 0.260 e. The van der Waals surface area contributed by atoms with Gasteiger partial charge in [-0.05, 0) is 44.0 Å². The van der Waals surface area contributed by atoms with E-state index in [0.29, 0.717) is 28.5 Å². The third-order valence-electron chi connectivity index (χ3n) is 5.95. The van der Waals surface area contributed by atoms with Crippen LogP contribution in [0.3, 0.4) is 0 Å². The van der Waals surface area contributed by atoms with Crippen LogP contribution in [0.15, 0.2) is 30.3 Å². The van der Waals surface area contributed by atoms with E-state index in [-0.39, 0.29) is 5.91 Å². The van der Waals surface area contributed by atoms with Gasteiger partial charge in [-0.15, -0.1) is 0 Å². The van der Waals surface area contributed by atoms with Gasteiger partial charge in [0.2, 0.25) is 0 Å². The first-order chi connectivity index (χ1) is 16.0. The fraction of sp³-hybridized carbons (Fsp3) is 0.440. The Hall–Kier alpha value is -2.68. The molecule has 0 bridgehead atoms. The van der Waals surface area contributed by atoms with E-state index in [2.05, 4.69) is 4.90 Å². The maximum absolute atomic E-state index is 13.7. The zero-order valence-corrected chi connectivity index (χ0v) is 20.5. The molecule has 176 valence electrons. The number of anilines is 1. The zero-order valence-electron chi connectivity index (χ0n) is 19.7. The van der Waals surface area contributed by atoms with E-state index in [1.54, 1.807) is 14.2 Å². The Bertz CT molecular complexity index is 1080. The lowest BCUT2D eigenvalue weighted by molar-refractivity contribution is 0.0376. The monoisotopic (exact) mass is 469 g/mol. The molecule has 8 heteroatoms. The molecule has 1 aliphatic heterocycles. The number of nitrogens with zero attached hydrogens (tertiary/aromatic N) is 3. The van der Waals surface area contributed by atoms with E-state index in [0.717, 1.165) is 60.8 Å². The number of amides is 1. The van der Waals surface area contributed by atoms with Crippen molar-refractivity contribution in [1.29, 1.82) is 0 Å². The van der Waals surface area contributed by atoms with Gasteiger partial charge in [0, 0.05) is 31.7 Å². The molecule has 1 aromatic heterocycles. The van der Waals surface area contributed by atoms with Crippen LogP contribution >= 0.6 is 11.3 Å². The van der Waals surface area contributed by atoms with E-state index in [4.69, 9.17) is 19.2 Å². The number of carbonyl (C=O) groups excluding carboxylic acids is 1. The average Bonchev–Trinajstić information content (AvgIpc) is 3.26. The van der Waals surface area contributed by atoms with Crippen LogP contribution in [0.2, 0.25) is 0 Å². The van der Waals surface area contributed by atoms with Gasteiger partial charge in [-0.1, -0.05) is 29.0 Å². The summed E-state index contributed by atoms with van der Waals surface area (Å²) in [6.45, 7) is 8.90. The van der Waals surface area contributed by atoms with Crippen molar-refractivity contribution in [3.63, 3.8) is 0 Å². The highest BCUT2D eigenvalue weighted by Crippen LogP contribution is 2.40. The van der Waals surface area contributed by atoms with Crippen molar-refractivity contribution in [2.45, 2.75) is 20.3 Å². The number of fused-ring (bicyclic) bond motifs is 1. The molecule has 0 radical (unpaired) electrons. The van der Waals surface area contributed by atoms with Crippen molar-refractivity contribution in [3.8, 4) is 11.5 Å². The molecule has 1 aliphatic rings. The van der Waals surface area contributed by atoms with E-state index >= 15 is 0 Å². The van der Waals surface area contributed by atoms with Crippen LogP contribution in [0, 0.1) is 13.8 Å². The second-order valence-corrected chi connectivity index (χ2v) is 9.20. The Balaban J connectivity index is 1.67. The first kappa shape index (κ1) is 23.5. The molecule has 7 nitrogen and oxygen atoms in total. The summed E-state index contributed by atoms with van der Waals surface area (Å²) in [6, 6.07) is 9.66. The third-order valence-corrected chi connectivity index (χ3v) is 7.04. The summed E-state index contributed by atoms with van der Waals surface area (Å²) in [7, 11) is 3.27. The molecule has 2 heterocycles. The minimum Gasteiger partial charge on any atom is -0.495 e. The second-order valence-electron chi connectivity index (χ2n) is 8.23. The highest BCUT2D eigenvalue weighted by molar-refractivity contribution is 7.22. The standard InChI is InChI=1S/C25H31N3O4S/c1-17-6-7-19(18(2)16-17)24(29)28(11-5-10-27-12-14-32-15-13-27)25-26-22-20(30-3)8-9-21(31-4)23(22)33-25/h6-9,16H,5,10-15H2,1-4H3. The molecule has 0 aliphatic carbocycles. The Morgan fingerprint density at radius 1 is 1.12 bits per heavy atom. The lowest BCUT2D eigenvalue weighted by Gasteiger charge is -2.28. The van der Waals surface area contributed by atoms with Crippen molar-refractivity contribution in [1.82, 2.24) is 9.88 Å². The van der Waals surface area contributed by atoms with Crippen LogP contribution < -0.4 is 14.4 Å². The molecular weight excluding hydrogens is 438 g/mol. The maximum atomic E-state index is 13.7. The molecule has 0 spiro atoms. The number of benzene rings is 2. The van der Waals surface area contributed by atoms with Gasteiger partial charge in [-0.3, -0.25) is 14.6 Å². The first-order valence-corrected chi connectivity index (χ1v) is 12.0. The van der Waals surface area contributed by atoms with Gasteiger partial charge in [-0.2, -0.15) is 0 Å². The number of thiazole rings is 1. The number of hydrogen-bond donors (Lipinski definition) is 0. The predicted molar refractivity (Wildman–Crippen MR) is 132 cm³/mol. The molecule has 1 fully saturated rings. The summed E-state index contributed by atoms with van der Waals surface area (Å²) in [5, 5.41) is 0.653. The fourth-order valence-electron chi connectivity index (χ4n) is 4.15. The van der Waals surface area contributed by atoms with Crippen molar-refractivity contribution in [2.75, 3.05) is 58.5 Å². The summed E-state index contributed by atoms with van der Waals surface area (Å²) in [6.07, 6.45) is 0.848. The Labute approximate surface area is 198 Å². The normalized spacial score (nSPS) is 14.4. The molecule has 0 atom stereocenters. The van der Waals surface area contributed by atoms with Gasteiger partial charge in [0.1, 0.15) is 21.7 Å². The van der Waals surface area contributed by atoms with Crippen LogP contribution in [0.4, 0.5) is 5.13 Å². The molecule has 0 unspecified atom stereocenters. The zero-order chi connectivity index (χ0) is 23.4. The van der Waals surface area contributed by atoms with E-state index in [1.807, 2.05) is 49.1 Å². The SMILES string of the molecule is COc1ccc(OC)c2sc(N(CCCN3CCOCC3)C(=O)c3ccc(C)cc3C)nc12. The van der Waals surface area contributed by atoms with Crippen LogP contribution in [0.5, 0.6) is 11.5 Å². The molecular formula is C25H31N3O4S. The highest BCUT2D eigenvalue weighted by atomic mass is 32.1. The number of hydrogen-bond acceptors (Lipinski definition) is 7. The third kappa shape index (κ3) is 5.13. The number of aromatic nitrogens is 1. The van der Waals surface area contributed by atoms with Gasteiger partial charge in [0.15, 0.2) is 5.13 Å². The largest absolute Gasteiger partial charge is 0.495 e. The molecule has 1 saturated heterocycles. The summed E-state index contributed by atoms with van der Waals surface area (Å²) in [5.74, 6) is 1.36. The van der Waals surface area contributed by atoms with Crippen molar-refractivity contribution < 1.29 is 19.0 Å². The topological polar surface area (TPSA) is 64.1 Å². The molecule has 1 amide bonds. The minimum absolute atomic E-state index is 0.0357. The fourth-order valence-corrected chi connectivity index (χ4v) is 5.25. The Morgan fingerprint density at radius 3 is 2.55 bits per heavy atom. The van der Waals surface area contributed by atoms with Crippen LogP contribution in [0.25, 0.3) is 10.2 Å². The molecule has 4 rings (SSSR count). The number of ether oxygens (including phenoxy) is 3. The number of aryl methyl sites for hydroxylation is 2. The van der Waals surface area contributed by atoms with Gasteiger partial charge in [-0.25, -0.2) is 4.98 Å². The summed E-state index contributed by atoms with van der Waals surface area (Å²) in [5.41, 5.74) is 3.51. The van der Waals surface area contributed by atoms with Crippen molar-refractivity contribution in [3.05, 3.63) is 47.0 Å². The number of rotatable bonds is 8. The summed E-state index contributed by atoms with van der Waals surface area (Å²) < 4.78 is 17.4. The van der Waals surface area contributed by atoms with Gasteiger partial charge >= 0.3 is 0 Å². The van der Waals surface area contributed by atoms with Gasteiger partial charge in [0.05, 0.1) is 27.4 Å². The molecule has 2 aromatic carbocycles. The highest BCUT2D eigenvalue weighted by Gasteiger charge is 2.25. The minimum atomic E-state index is -0.0357. The van der Waals surface area contributed by atoms with E-state index in [9.17, 15) is 4.79 Å². The lowest BCUT2D eigenvalue weighted by Crippen LogP contribution is -2.39. The molecule has 33 heavy (non-hydrogen) atoms. The average molecular weight is 470 g/mol. The van der Waals surface area contributed by atoms with Crippen LogP contribution in [-0.4, -0.2) is 69.4 Å². The Kier molecular flexibility index (Phi) is 7.47. The molecule has 0 N–H and O–H groups in total. The van der Waals surface area contributed by atoms with Crippen LogP contribution in [-0.2, 0) is 4.74 Å². The quantitative estimate of drug-likeness (QED) is 0.490. The van der Waals surface area contributed by atoms with Crippen LogP contribution in [0.1, 0.15) is 27.9 Å².